The van der Waals surface area contributed by atoms with Crippen LogP contribution in [0.2, 0.25) is 0 Å². The van der Waals surface area contributed by atoms with Crippen molar-refractivity contribution in [2.45, 2.75) is 58.3 Å². The van der Waals surface area contributed by atoms with Crippen LogP contribution in [0.5, 0.6) is 11.5 Å². The van der Waals surface area contributed by atoms with Crippen molar-refractivity contribution in [3.63, 3.8) is 0 Å². The second-order valence-electron chi connectivity index (χ2n) is 7.12. The van der Waals surface area contributed by atoms with Crippen LogP contribution in [-0.2, 0) is 0 Å². The van der Waals surface area contributed by atoms with Gasteiger partial charge in [-0.25, -0.2) is 0 Å². The van der Waals surface area contributed by atoms with Crippen LogP contribution in [0.25, 0.3) is 0 Å². The first-order valence-electron chi connectivity index (χ1n) is 10.5. The number of phenols is 1. The molecule has 5 nitrogen and oxygen atoms in total. The van der Waals surface area contributed by atoms with Crippen molar-refractivity contribution in [1.82, 2.24) is 5.32 Å². The second kappa shape index (κ2) is 12.6. The lowest BCUT2D eigenvalue weighted by Crippen LogP contribution is -2.30. The summed E-state index contributed by atoms with van der Waals surface area (Å²) in [4.78, 5) is 24.8. The number of carbonyl (C=O) groups is 2. The number of hydrogen-bond donors (Lipinski definition) is 2. The van der Waals surface area contributed by atoms with Crippen LogP contribution in [0.3, 0.4) is 0 Å². The van der Waals surface area contributed by atoms with Gasteiger partial charge in [0.05, 0.1) is 17.7 Å². The van der Waals surface area contributed by atoms with Crippen molar-refractivity contribution in [2.24, 2.45) is 0 Å². The zero-order valence-corrected chi connectivity index (χ0v) is 17.2. The van der Waals surface area contributed by atoms with Crippen molar-refractivity contribution in [2.75, 3.05) is 6.61 Å². The third-order valence-electron chi connectivity index (χ3n) is 4.76. The van der Waals surface area contributed by atoms with E-state index >= 15 is 0 Å². The fourth-order valence-electron chi connectivity index (χ4n) is 3.10. The number of amides is 2. The summed E-state index contributed by atoms with van der Waals surface area (Å²) >= 11 is 0. The lowest BCUT2D eigenvalue weighted by atomic mass is 10.1. The number of para-hydroxylation sites is 2. The number of imide groups is 1. The van der Waals surface area contributed by atoms with Gasteiger partial charge in [-0.1, -0.05) is 76.1 Å². The number of nitrogens with one attached hydrogen (secondary N) is 1. The number of rotatable bonds is 12. The molecule has 0 radical (unpaired) electrons. The van der Waals surface area contributed by atoms with Crippen LogP contribution in [0.4, 0.5) is 0 Å². The SMILES string of the molecule is CCCCCCCCCCOc1ccccc1C(=O)NC(=O)c1ccccc1O. The highest BCUT2D eigenvalue weighted by Crippen LogP contribution is 2.20. The Bertz CT molecular complexity index is 788. The van der Waals surface area contributed by atoms with Gasteiger partial charge in [-0.2, -0.15) is 0 Å². The maximum atomic E-state index is 12.5. The lowest BCUT2D eigenvalue weighted by Gasteiger charge is -2.11. The van der Waals surface area contributed by atoms with Crippen LogP contribution in [-0.4, -0.2) is 23.5 Å². The van der Waals surface area contributed by atoms with Gasteiger partial charge in [-0.3, -0.25) is 14.9 Å². The van der Waals surface area contributed by atoms with E-state index in [0.717, 1.165) is 12.8 Å². The van der Waals surface area contributed by atoms with Gasteiger partial charge in [-0.05, 0) is 30.7 Å². The van der Waals surface area contributed by atoms with Crippen LogP contribution < -0.4 is 10.1 Å². The first-order chi connectivity index (χ1) is 14.1. The van der Waals surface area contributed by atoms with Crippen molar-refractivity contribution < 1.29 is 19.4 Å². The first-order valence-corrected chi connectivity index (χ1v) is 10.5. The fourth-order valence-corrected chi connectivity index (χ4v) is 3.10. The van der Waals surface area contributed by atoms with Gasteiger partial charge in [0.25, 0.3) is 11.8 Å². The van der Waals surface area contributed by atoms with E-state index in [9.17, 15) is 14.7 Å². The Balaban J connectivity index is 1.81. The molecule has 5 heteroatoms. The molecule has 2 amide bonds. The molecule has 2 aromatic rings. The number of aromatic hydroxyl groups is 1. The smallest absolute Gasteiger partial charge is 0.261 e. The summed E-state index contributed by atoms with van der Waals surface area (Å²) in [6, 6.07) is 13.0. The van der Waals surface area contributed by atoms with E-state index in [1.807, 2.05) is 0 Å². The zero-order valence-electron chi connectivity index (χ0n) is 17.2. The molecule has 2 aromatic carbocycles. The van der Waals surface area contributed by atoms with Crippen LogP contribution in [0, 0.1) is 0 Å². The van der Waals surface area contributed by atoms with Crippen molar-refractivity contribution in [3.05, 3.63) is 59.7 Å². The molecule has 0 saturated heterocycles. The fraction of sp³-hybridized carbons (Fsp3) is 0.417. The van der Waals surface area contributed by atoms with Crippen LogP contribution in [0.15, 0.2) is 48.5 Å². The average Bonchev–Trinajstić information content (AvgIpc) is 2.73. The molecule has 156 valence electrons. The molecule has 0 aliphatic rings. The van der Waals surface area contributed by atoms with Crippen LogP contribution in [0.1, 0.15) is 79.0 Å². The van der Waals surface area contributed by atoms with Gasteiger partial charge in [0.2, 0.25) is 0 Å². The molecule has 0 unspecified atom stereocenters. The highest BCUT2D eigenvalue weighted by atomic mass is 16.5. The van der Waals surface area contributed by atoms with Crippen molar-refractivity contribution in [1.29, 1.82) is 0 Å². The predicted octanol–water partition coefficient (Wildman–Crippen LogP) is 5.48. The summed E-state index contributed by atoms with van der Waals surface area (Å²) in [5.74, 6) is -0.911. The Morgan fingerprint density at radius 1 is 0.793 bits per heavy atom. The summed E-state index contributed by atoms with van der Waals surface area (Å²) in [5.41, 5.74) is 0.356. The van der Waals surface area contributed by atoms with Gasteiger partial charge in [0.15, 0.2) is 0 Å². The predicted molar refractivity (Wildman–Crippen MR) is 114 cm³/mol. The van der Waals surface area contributed by atoms with E-state index in [2.05, 4.69) is 12.2 Å². The van der Waals surface area contributed by atoms with Gasteiger partial charge < -0.3 is 9.84 Å². The molecular formula is C24H31NO4. The number of ether oxygens (including phenoxy) is 1. The number of hydrogen-bond acceptors (Lipinski definition) is 4. The summed E-state index contributed by atoms with van der Waals surface area (Å²) in [6.07, 6.45) is 9.68. The number of benzene rings is 2. The molecule has 0 fully saturated rings. The Kier molecular flexibility index (Phi) is 9.76. The minimum atomic E-state index is -0.647. The maximum absolute atomic E-state index is 12.5. The third-order valence-corrected chi connectivity index (χ3v) is 4.76. The largest absolute Gasteiger partial charge is 0.507 e. The molecule has 0 atom stereocenters. The van der Waals surface area contributed by atoms with E-state index < -0.39 is 11.8 Å². The summed E-state index contributed by atoms with van der Waals surface area (Å²) in [7, 11) is 0. The minimum Gasteiger partial charge on any atom is -0.507 e. The lowest BCUT2D eigenvalue weighted by molar-refractivity contribution is 0.0846. The average molecular weight is 398 g/mol. The zero-order chi connectivity index (χ0) is 20.9. The quantitative estimate of drug-likeness (QED) is 0.367. The Hall–Kier alpha value is -2.82. The molecule has 0 aliphatic heterocycles. The normalized spacial score (nSPS) is 10.5. The van der Waals surface area contributed by atoms with Gasteiger partial charge in [0, 0.05) is 0 Å². The number of phenolic OH excluding ortho intramolecular Hbond substituents is 1. The van der Waals surface area contributed by atoms with E-state index in [1.54, 1.807) is 36.4 Å². The van der Waals surface area contributed by atoms with Gasteiger partial charge >= 0.3 is 0 Å². The highest BCUT2D eigenvalue weighted by molar-refractivity contribution is 6.12. The standard InChI is InChI=1S/C24H31NO4/c1-2-3-4-5-6-7-8-13-18-29-22-17-12-10-15-20(22)24(28)25-23(27)19-14-9-11-16-21(19)26/h9-12,14-17,26H,2-8,13,18H2,1H3,(H,25,27,28). The maximum Gasteiger partial charge on any atom is 0.261 e. The molecule has 2 rings (SSSR count). The molecule has 29 heavy (non-hydrogen) atoms. The van der Waals surface area contributed by atoms with Crippen LogP contribution >= 0.6 is 0 Å². The molecule has 0 saturated carbocycles. The molecule has 0 spiro atoms. The monoisotopic (exact) mass is 397 g/mol. The van der Waals surface area contributed by atoms with E-state index in [4.69, 9.17) is 4.74 Å². The number of carbonyl (C=O) groups excluding carboxylic acids is 2. The van der Waals surface area contributed by atoms with Gasteiger partial charge in [0.1, 0.15) is 11.5 Å². The Labute approximate surface area is 173 Å². The highest BCUT2D eigenvalue weighted by Gasteiger charge is 2.18. The summed E-state index contributed by atoms with van der Waals surface area (Å²) < 4.78 is 5.79. The van der Waals surface area contributed by atoms with Crippen molar-refractivity contribution in [3.8, 4) is 11.5 Å². The van der Waals surface area contributed by atoms with E-state index in [1.165, 1.54) is 50.7 Å². The summed E-state index contributed by atoms with van der Waals surface area (Å²) in [6.45, 7) is 2.75. The molecular weight excluding hydrogens is 366 g/mol. The second-order valence-corrected chi connectivity index (χ2v) is 7.12. The van der Waals surface area contributed by atoms with E-state index in [0.29, 0.717) is 17.9 Å². The van der Waals surface area contributed by atoms with E-state index in [-0.39, 0.29) is 11.3 Å². The van der Waals surface area contributed by atoms with Crippen molar-refractivity contribution >= 4 is 11.8 Å². The molecule has 0 bridgehead atoms. The Morgan fingerprint density at radius 2 is 1.34 bits per heavy atom. The topological polar surface area (TPSA) is 75.6 Å². The minimum absolute atomic E-state index is 0.0539. The summed E-state index contributed by atoms with van der Waals surface area (Å²) in [5, 5.41) is 12.1. The van der Waals surface area contributed by atoms with Gasteiger partial charge in [-0.15, -0.1) is 0 Å². The third kappa shape index (κ3) is 7.60. The first kappa shape index (κ1) is 22.5. The molecule has 0 aliphatic carbocycles. The number of unbranched alkanes of at least 4 members (excludes halogenated alkanes) is 7. The molecule has 0 heterocycles. The molecule has 0 aromatic heterocycles. The Morgan fingerprint density at radius 3 is 2.03 bits per heavy atom. The molecule has 2 N–H and O–H groups in total.